The van der Waals surface area contributed by atoms with Gasteiger partial charge in [-0.25, -0.2) is 14.4 Å². The Kier molecular flexibility index (Phi) is 15.5. The molecule has 13 nitrogen and oxygen atoms in total. The molecule has 13 heteroatoms. The molecule has 3 aromatic carbocycles. The lowest BCUT2D eigenvalue weighted by Crippen LogP contribution is -2.02. The van der Waals surface area contributed by atoms with Crippen LogP contribution < -0.4 is 23.7 Å². The second-order valence-electron chi connectivity index (χ2n) is 8.07. The van der Waals surface area contributed by atoms with E-state index in [1.807, 2.05) is 6.07 Å². The maximum atomic E-state index is 11.2. The monoisotopic (exact) mass is 616 g/mol. The van der Waals surface area contributed by atoms with Crippen LogP contribution in [0.4, 0.5) is 0 Å². The molecule has 0 aliphatic rings. The van der Waals surface area contributed by atoms with Crippen molar-refractivity contribution in [1.82, 2.24) is 0 Å². The van der Waals surface area contributed by atoms with Crippen LogP contribution in [0, 0.1) is 0 Å². The summed E-state index contributed by atoms with van der Waals surface area (Å²) in [6.45, 7) is 0. The molecule has 0 aromatic heterocycles. The lowest BCUT2D eigenvalue weighted by atomic mass is 10.2. The number of hydrogen-bond acceptors (Lipinski definition) is 13. The van der Waals surface area contributed by atoms with Crippen molar-refractivity contribution in [2.75, 3.05) is 56.9 Å². The first-order chi connectivity index (χ1) is 21.0. The number of carbonyl (C=O) groups excluding carboxylic acids is 3. The maximum absolute atomic E-state index is 11.2. The molecule has 0 aliphatic heterocycles. The van der Waals surface area contributed by atoms with Gasteiger partial charge in [-0.15, -0.1) is 0 Å². The number of methoxy groups -OCH3 is 8. The van der Waals surface area contributed by atoms with E-state index >= 15 is 0 Å². The summed E-state index contributed by atoms with van der Waals surface area (Å²) in [6, 6.07) is 12.6. The highest BCUT2D eigenvalue weighted by molar-refractivity contribution is 5.91. The van der Waals surface area contributed by atoms with Gasteiger partial charge in [0.2, 0.25) is 5.75 Å². The second kappa shape index (κ2) is 18.8. The van der Waals surface area contributed by atoms with E-state index in [9.17, 15) is 24.6 Å². The number of benzene rings is 3. The molecule has 44 heavy (non-hydrogen) atoms. The van der Waals surface area contributed by atoms with Gasteiger partial charge in [0.15, 0.2) is 34.5 Å². The predicted octanol–water partition coefficient (Wildman–Crippen LogP) is 4.27. The van der Waals surface area contributed by atoms with Gasteiger partial charge in [-0.05, 0) is 54.1 Å². The Morgan fingerprint density at radius 2 is 1.02 bits per heavy atom. The summed E-state index contributed by atoms with van der Waals surface area (Å²) in [5.74, 6) is 0.150. The van der Waals surface area contributed by atoms with Crippen molar-refractivity contribution in [3.63, 3.8) is 0 Å². The van der Waals surface area contributed by atoms with E-state index in [0.717, 1.165) is 11.6 Å². The summed E-state index contributed by atoms with van der Waals surface area (Å²) in [6.07, 6.45) is 3.00. The van der Waals surface area contributed by atoms with Gasteiger partial charge < -0.3 is 48.1 Å². The quantitative estimate of drug-likeness (QED) is 0.152. The summed E-state index contributed by atoms with van der Waals surface area (Å²) in [5.41, 5.74) is 1.38. The number of ether oxygens (including phenoxy) is 8. The molecular weight excluding hydrogens is 580 g/mol. The van der Waals surface area contributed by atoms with Crippen molar-refractivity contribution < 1.29 is 62.5 Å². The highest BCUT2D eigenvalue weighted by atomic mass is 16.5. The number of hydrogen-bond donors (Lipinski definition) is 2. The number of esters is 3. The first-order valence-corrected chi connectivity index (χ1v) is 12.5. The minimum atomic E-state index is -0.612. The van der Waals surface area contributed by atoms with Crippen molar-refractivity contribution >= 4 is 24.0 Å². The fourth-order valence-electron chi connectivity index (χ4n) is 3.25. The molecule has 0 amide bonds. The fraction of sp³-hybridized carbons (Fsp3) is 0.258. The standard InChI is InChI=1S/C12H14O4.C10H12O4.C9H10O5/c1-14-10-6-4-9(8-11(10)15-2)5-7-12(13)16-3;1-12-8-5-4-7(10(11)14-3)6-9(8)13-2;1-13-7-4-5(9(12)14-2)3-6(10)8(7)11/h4-8H,1-3H3;4-6H,1-3H3;3-4,10-11H,1-2H3/b7-5+;;. The van der Waals surface area contributed by atoms with Crippen LogP contribution in [0.25, 0.3) is 6.08 Å². The largest absolute Gasteiger partial charge is 0.504 e. The fourth-order valence-corrected chi connectivity index (χ4v) is 3.25. The number of phenolic OH excluding ortho intramolecular Hbond substituents is 2. The van der Waals surface area contributed by atoms with Crippen LogP contribution in [0.1, 0.15) is 26.3 Å². The minimum Gasteiger partial charge on any atom is -0.504 e. The zero-order chi connectivity index (χ0) is 33.2. The molecule has 0 spiro atoms. The van der Waals surface area contributed by atoms with Crippen LogP contribution in [0.2, 0.25) is 0 Å². The molecule has 0 unspecified atom stereocenters. The van der Waals surface area contributed by atoms with E-state index in [1.54, 1.807) is 50.6 Å². The topological polar surface area (TPSA) is 166 Å². The molecule has 0 fully saturated rings. The van der Waals surface area contributed by atoms with E-state index in [1.165, 1.54) is 54.8 Å². The molecule has 0 aliphatic carbocycles. The minimum absolute atomic E-state index is 0.0189. The van der Waals surface area contributed by atoms with Gasteiger partial charge in [0.1, 0.15) is 0 Å². The van der Waals surface area contributed by atoms with Crippen molar-refractivity contribution in [2.45, 2.75) is 0 Å². The predicted molar refractivity (Wildman–Crippen MR) is 159 cm³/mol. The van der Waals surface area contributed by atoms with Crippen molar-refractivity contribution in [3.8, 4) is 40.2 Å². The molecule has 0 saturated carbocycles. The Labute approximate surface area is 255 Å². The van der Waals surface area contributed by atoms with Crippen LogP contribution >= 0.6 is 0 Å². The van der Waals surface area contributed by atoms with E-state index in [4.69, 9.17) is 23.7 Å². The molecule has 0 heterocycles. The maximum Gasteiger partial charge on any atom is 0.338 e. The normalized spacial score (nSPS) is 9.73. The first-order valence-electron chi connectivity index (χ1n) is 12.5. The average Bonchev–Trinajstić information content (AvgIpc) is 3.07. The smallest absolute Gasteiger partial charge is 0.338 e. The van der Waals surface area contributed by atoms with Crippen LogP contribution in [-0.4, -0.2) is 85.0 Å². The number of carbonyl (C=O) groups is 3. The van der Waals surface area contributed by atoms with Crippen LogP contribution in [0.3, 0.4) is 0 Å². The van der Waals surface area contributed by atoms with Crippen LogP contribution in [0.5, 0.6) is 40.2 Å². The average molecular weight is 617 g/mol. The third-order valence-electron chi connectivity index (χ3n) is 5.52. The summed E-state index contributed by atoms with van der Waals surface area (Å²) < 4.78 is 38.6. The second-order valence-corrected chi connectivity index (χ2v) is 8.07. The zero-order valence-corrected chi connectivity index (χ0v) is 25.7. The Balaban J connectivity index is 0.000000331. The van der Waals surface area contributed by atoms with Crippen LogP contribution in [0.15, 0.2) is 54.6 Å². The van der Waals surface area contributed by atoms with Gasteiger partial charge in [0, 0.05) is 6.08 Å². The van der Waals surface area contributed by atoms with Gasteiger partial charge in [-0.3, -0.25) is 0 Å². The highest BCUT2D eigenvalue weighted by Crippen LogP contribution is 2.36. The zero-order valence-electron chi connectivity index (χ0n) is 25.7. The lowest BCUT2D eigenvalue weighted by Gasteiger charge is -2.08. The van der Waals surface area contributed by atoms with Gasteiger partial charge in [-0.2, -0.15) is 0 Å². The van der Waals surface area contributed by atoms with Crippen molar-refractivity contribution in [1.29, 1.82) is 0 Å². The molecule has 0 bridgehead atoms. The molecule has 0 radical (unpaired) electrons. The number of rotatable bonds is 9. The molecule has 3 aromatic rings. The lowest BCUT2D eigenvalue weighted by molar-refractivity contribution is -0.134. The Morgan fingerprint density at radius 3 is 1.52 bits per heavy atom. The molecule has 0 atom stereocenters. The number of phenols is 2. The summed E-state index contributed by atoms with van der Waals surface area (Å²) in [5, 5.41) is 18.5. The van der Waals surface area contributed by atoms with Crippen molar-refractivity contribution in [2.24, 2.45) is 0 Å². The van der Waals surface area contributed by atoms with E-state index in [2.05, 4.69) is 14.2 Å². The molecule has 0 saturated heterocycles. The molecule has 3 rings (SSSR count). The Hall–Kier alpha value is -5.59. The Morgan fingerprint density at radius 1 is 0.545 bits per heavy atom. The third kappa shape index (κ3) is 10.7. The summed E-state index contributed by atoms with van der Waals surface area (Å²) in [7, 11) is 11.4. The number of aromatic hydroxyl groups is 2. The highest BCUT2D eigenvalue weighted by Gasteiger charge is 2.14. The van der Waals surface area contributed by atoms with E-state index in [-0.39, 0.29) is 11.3 Å². The molecule has 238 valence electrons. The summed E-state index contributed by atoms with van der Waals surface area (Å²) >= 11 is 0. The molecule has 2 N–H and O–H groups in total. The van der Waals surface area contributed by atoms with Gasteiger partial charge >= 0.3 is 17.9 Å². The van der Waals surface area contributed by atoms with E-state index in [0.29, 0.717) is 28.6 Å². The van der Waals surface area contributed by atoms with Gasteiger partial charge in [0.05, 0.1) is 68.0 Å². The third-order valence-corrected chi connectivity index (χ3v) is 5.52. The first kappa shape index (κ1) is 36.4. The SMILES string of the molecule is COC(=O)/C=C/c1ccc(OC)c(OC)c1.COC(=O)c1cc(O)c(O)c(OC)c1.COC(=O)c1ccc(OC)c(OC)c1. The van der Waals surface area contributed by atoms with E-state index < -0.39 is 29.4 Å². The van der Waals surface area contributed by atoms with Gasteiger partial charge in [0.25, 0.3) is 0 Å². The summed E-state index contributed by atoms with van der Waals surface area (Å²) in [4.78, 5) is 33.1. The Bertz CT molecular complexity index is 1430. The molecular formula is C31H36O13. The van der Waals surface area contributed by atoms with Crippen LogP contribution in [-0.2, 0) is 19.0 Å². The van der Waals surface area contributed by atoms with Gasteiger partial charge in [-0.1, -0.05) is 6.07 Å². The van der Waals surface area contributed by atoms with Crippen molar-refractivity contribution in [3.05, 3.63) is 71.3 Å².